The molecule has 1 fully saturated rings. The number of carbonyl (C=O) groups is 1. The molecular weight excluding hydrogens is 217 g/mol. The van der Waals surface area contributed by atoms with E-state index < -0.39 is 0 Å². The van der Waals surface area contributed by atoms with Crippen molar-refractivity contribution in [3.63, 3.8) is 0 Å². The molecule has 3 heteroatoms. The zero-order valence-corrected chi connectivity index (χ0v) is 8.54. The summed E-state index contributed by atoms with van der Waals surface area (Å²) in [6, 6.07) is 4.13. The molecule has 0 atom stereocenters. The molecule has 64 valence electrons. The second-order valence-electron chi connectivity index (χ2n) is 2.95. The Morgan fingerprint density at radius 3 is 3.00 bits per heavy atom. The van der Waals surface area contributed by atoms with E-state index >= 15 is 0 Å². The number of hydrogen-bond acceptors (Lipinski definition) is 1. The Balaban J connectivity index is 2.17. The molecule has 0 spiro atoms. The molecule has 0 saturated carbocycles. The molecule has 1 aliphatic heterocycles. The average Bonchev–Trinajstić information content (AvgIpc) is 2.57. The van der Waals surface area contributed by atoms with Crippen LogP contribution in [-0.2, 0) is 4.79 Å². The van der Waals surface area contributed by atoms with E-state index in [-0.39, 0.29) is 0 Å². The molecule has 0 aliphatic carbocycles. The van der Waals surface area contributed by atoms with Crippen LogP contribution in [0.15, 0.2) is 17.1 Å². The number of nitrogens with zero attached hydrogens (tertiary/aromatic N) is 1. The van der Waals surface area contributed by atoms with Crippen LogP contribution < -0.4 is 4.90 Å². The van der Waals surface area contributed by atoms with Crippen molar-refractivity contribution in [2.24, 2.45) is 0 Å². The van der Waals surface area contributed by atoms with Gasteiger partial charge in [0, 0.05) is 0 Å². The van der Waals surface area contributed by atoms with Crippen molar-refractivity contribution in [2.45, 2.75) is 19.3 Å². The number of hydrogen-bond donors (Lipinski definition) is 0. The van der Waals surface area contributed by atoms with Crippen LogP contribution in [0, 0.1) is 0 Å². The summed E-state index contributed by atoms with van der Waals surface area (Å²) in [5.74, 6) is 0.318. The fraction of sp³-hybridized carbons (Fsp3) is 0.444. The first-order chi connectivity index (χ1) is 5.88. The van der Waals surface area contributed by atoms with Crippen molar-refractivity contribution in [1.82, 2.24) is 0 Å². The summed E-state index contributed by atoms with van der Waals surface area (Å²) in [4.78, 5) is 15.6. The normalized spacial score (nSPS) is 18.3. The van der Waals surface area contributed by atoms with Gasteiger partial charge >= 0.3 is 77.5 Å². The maximum absolute atomic E-state index is 11.4. The molecular formula is C9H11NOSe. The monoisotopic (exact) mass is 229 g/mol. The minimum absolute atomic E-state index is 0.318. The molecule has 0 unspecified atom stereocenters. The van der Waals surface area contributed by atoms with E-state index in [1.165, 1.54) is 11.0 Å². The number of carbonyl (C=O) groups excluding carboxylic acids is 1. The number of rotatable bonds is 1. The van der Waals surface area contributed by atoms with E-state index in [2.05, 4.69) is 17.1 Å². The second kappa shape index (κ2) is 3.46. The van der Waals surface area contributed by atoms with Gasteiger partial charge in [0.2, 0.25) is 0 Å². The Kier molecular flexibility index (Phi) is 2.33. The molecule has 2 nitrogen and oxygen atoms in total. The fourth-order valence-electron chi connectivity index (χ4n) is 1.46. The van der Waals surface area contributed by atoms with Gasteiger partial charge in [0.05, 0.1) is 0 Å². The van der Waals surface area contributed by atoms with Gasteiger partial charge in [-0.3, -0.25) is 0 Å². The molecule has 2 heterocycles. The quantitative estimate of drug-likeness (QED) is 0.662. The second-order valence-corrected chi connectivity index (χ2v) is 4.90. The van der Waals surface area contributed by atoms with Crippen LogP contribution >= 0.6 is 0 Å². The molecule has 2 rings (SSSR count). The van der Waals surface area contributed by atoms with Gasteiger partial charge in [0.1, 0.15) is 0 Å². The molecule has 0 aromatic carbocycles. The average molecular weight is 228 g/mol. The molecule has 12 heavy (non-hydrogen) atoms. The number of piperidine rings is 1. The van der Waals surface area contributed by atoms with Crippen molar-refractivity contribution < 1.29 is 4.79 Å². The summed E-state index contributed by atoms with van der Waals surface area (Å²) in [7, 11) is 0. The fourth-order valence-corrected chi connectivity index (χ4v) is 3.09. The summed E-state index contributed by atoms with van der Waals surface area (Å²) in [5.41, 5.74) is 0. The van der Waals surface area contributed by atoms with Crippen molar-refractivity contribution in [3.05, 3.63) is 17.1 Å². The van der Waals surface area contributed by atoms with E-state index in [0.717, 1.165) is 19.4 Å². The van der Waals surface area contributed by atoms with E-state index in [0.29, 0.717) is 20.4 Å². The van der Waals surface area contributed by atoms with Crippen LogP contribution in [0.2, 0.25) is 0 Å². The van der Waals surface area contributed by atoms with Crippen LogP contribution in [0.3, 0.4) is 0 Å². The molecule has 0 bridgehead atoms. The van der Waals surface area contributed by atoms with Crippen molar-refractivity contribution >= 4 is 25.0 Å². The molecule has 1 amide bonds. The van der Waals surface area contributed by atoms with E-state index in [4.69, 9.17) is 0 Å². The predicted octanol–water partition coefficient (Wildman–Crippen LogP) is 1.26. The number of amides is 1. The first-order valence-electron chi connectivity index (χ1n) is 4.22. The van der Waals surface area contributed by atoms with Gasteiger partial charge in [-0.1, -0.05) is 0 Å². The third-order valence-electron chi connectivity index (χ3n) is 2.10. The van der Waals surface area contributed by atoms with Crippen LogP contribution in [0.5, 0.6) is 0 Å². The van der Waals surface area contributed by atoms with Crippen LogP contribution in [0.4, 0.5) is 4.56 Å². The van der Waals surface area contributed by atoms with Crippen LogP contribution in [-0.4, -0.2) is 27.0 Å². The summed E-state index contributed by atoms with van der Waals surface area (Å²) < 4.78 is 1.24. The Bertz CT molecular complexity index is 268. The van der Waals surface area contributed by atoms with Gasteiger partial charge in [-0.2, -0.15) is 0 Å². The van der Waals surface area contributed by atoms with Gasteiger partial charge < -0.3 is 0 Å². The summed E-state index contributed by atoms with van der Waals surface area (Å²) in [6.07, 6.45) is 2.98. The minimum atomic E-state index is 0.318. The van der Waals surface area contributed by atoms with E-state index in [1.54, 1.807) is 0 Å². The summed E-state index contributed by atoms with van der Waals surface area (Å²) in [5, 5.41) is 0. The van der Waals surface area contributed by atoms with Gasteiger partial charge in [0.25, 0.3) is 0 Å². The van der Waals surface area contributed by atoms with Crippen molar-refractivity contribution in [3.8, 4) is 0 Å². The summed E-state index contributed by atoms with van der Waals surface area (Å²) in [6.45, 7) is 0.939. The van der Waals surface area contributed by atoms with Gasteiger partial charge in [-0.25, -0.2) is 0 Å². The Hall–Kier alpha value is -0.531. The Morgan fingerprint density at radius 2 is 2.33 bits per heavy atom. The summed E-state index contributed by atoms with van der Waals surface area (Å²) >= 11 is 0.410. The zero-order chi connectivity index (χ0) is 8.39. The molecule has 0 radical (unpaired) electrons. The molecule has 1 aliphatic rings. The van der Waals surface area contributed by atoms with Gasteiger partial charge in [0.15, 0.2) is 0 Å². The van der Waals surface area contributed by atoms with Crippen molar-refractivity contribution in [1.29, 1.82) is 0 Å². The standard InChI is InChI=1S/C9H11NOSe/c11-8-4-1-2-6-10(8)9-5-3-7-12-9/h3,5,7H,1-2,4,6H2. The van der Waals surface area contributed by atoms with Gasteiger partial charge in [-0.15, -0.1) is 0 Å². The number of anilines is 1. The first kappa shape index (κ1) is 8.09. The van der Waals surface area contributed by atoms with E-state index in [9.17, 15) is 4.79 Å². The third kappa shape index (κ3) is 1.47. The zero-order valence-electron chi connectivity index (χ0n) is 6.82. The molecule has 1 aromatic rings. The third-order valence-corrected chi connectivity index (χ3v) is 3.97. The van der Waals surface area contributed by atoms with E-state index in [1.807, 2.05) is 4.90 Å². The molecule has 1 aromatic heterocycles. The van der Waals surface area contributed by atoms with Gasteiger partial charge in [-0.05, 0) is 0 Å². The Morgan fingerprint density at radius 1 is 1.42 bits per heavy atom. The molecule has 0 N–H and O–H groups in total. The van der Waals surface area contributed by atoms with Crippen LogP contribution in [0.25, 0.3) is 0 Å². The van der Waals surface area contributed by atoms with Crippen LogP contribution in [0.1, 0.15) is 19.3 Å². The Labute approximate surface area is 77.9 Å². The van der Waals surface area contributed by atoms with Crippen molar-refractivity contribution in [2.75, 3.05) is 11.4 Å². The SMILES string of the molecule is O=C1CCCCN1c1ccc[se]1. The topological polar surface area (TPSA) is 20.3 Å². The maximum atomic E-state index is 11.4. The first-order valence-corrected chi connectivity index (χ1v) is 6.06. The predicted molar refractivity (Wildman–Crippen MR) is 49.6 cm³/mol. The molecule has 1 saturated heterocycles.